The van der Waals surface area contributed by atoms with E-state index in [1.807, 2.05) is 0 Å². The van der Waals surface area contributed by atoms with Crippen molar-refractivity contribution in [2.75, 3.05) is 14.2 Å². The van der Waals surface area contributed by atoms with E-state index < -0.39 is 57.3 Å². The second kappa shape index (κ2) is 11.9. The van der Waals surface area contributed by atoms with Gasteiger partial charge < -0.3 is 13.7 Å². The van der Waals surface area contributed by atoms with Gasteiger partial charge in [0.15, 0.2) is 5.75 Å². The molecule has 1 unspecified atom stereocenters. The van der Waals surface area contributed by atoms with Crippen LogP contribution < -0.4 is 19.2 Å². The fourth-order valence-electron chi connectivity index (χ4n) is 4.46. The van der Waals surface area contributed by atoms with Gasteiger partial charge in [-0.25, -0.2) is 21.8 Å². The summed E-state index contributed by atoms with van der Waals surface area (Å²) < 4.78 is 114. The van der Waals surface area contributed by atoms with E-state index in [1.54, 1.807) is 25.1 Å². The van der Waals surface area contributed by atoms with Crippen molar-refractivity contribution in [1.82, 2.24) is 4.57 Å². The molecule has 0 aliphatic carbocycles. The predicted molar refractivity (Wildman–Crippen MR) is 151 cm³/mol. The minimum Gasteiger partial charge on any atom is -0.495 e. The van der Waals surface area contributed by atoms with Crippen molar-refractivity contribution in [2.24, 2.45) is 0 Å². The number of rotatable bonds is 7. The van der Waals surface area contributed by atoms with Crippen molar-refractivity contribution in [3.63, 3.8) is 0 Å². The van der Waals surface area contributed by atoms with Crippen molar-refractivity contribution in [1.29, 1.82) is 0 Å². The number of ether oxygens (including phenoxy) is 2. The molecule has 0 saturated carbocycles. The first-order valence-corrected chi connectivity index (χ1v) is 13.8. The topological polar surface area (TPSA) is 66.8 Å². The molecule has 4 aromatic carbocycles. The third kappa shape index (κ3) is 5.26. The summed E-state index contributed by atoms with van der Waals surface area (Å²) in [5, 5.41) is 0.637. The lowest BCUT2D eigenvalue weighted by molar-refractivity contribution is 0.352. The molecule has 6 nitrogen and oxygen atoms in total. The summed E-state index contributed by atoms with van der Waals surface area (Å²) in [5.74, 6) is -14.2. The summed E-state index contributed by atoms with van der Waals surface area (Å²) in [6.45, 7) is 1.76. The van der Waals surface area contributed by atoms with E-state index in [-0.39, 0.29) is 38.5 Å². The number of aryl methyl sites for hydroxylation is 1. The summed E-state index contributed by atoms with van der Waals surface area (Å²) in [6.07, 6.45) is 0. The van der Waals surface area contributed by atoms with Gasteiger partial charge >= 0.3 is 0 Å². The van der Waals surface area contributed by atoms with Crippen LogP contribution in [0.15, 0.2) is 64.3 Å². The Morgan fingerprint density at radius 2 is 1.41 bits per heavy atom. The van der Waals surface area contributed by atoms with Gasteiger partial charge in [0, 0.05) is 22.0 Å². The smallest absolute Gasteiger partial charge is 0.298 e. The summed E-state index contributed by atoms with van der Waals surface area (Å²) in [6, 6.07) is 12.2. The predicted octanol–water partition coefficient (Wildman–Crippen LogP) is 7.57. The summed E-state index contributed by atoms with van der Waals surface area (Å²) in [4.78, 5) is 13.2. The van der Waals surface area contributed by atoms with Crippen LogP contribution in [-0.4, -0.2) is 23.0 Å². The molecule has 1 atom stereocenters. The van der Waals surface area contributed by atoms with Crippen LogP contribution in [0.1, 0.15) is 5.56 Å². The molecular formula is C30H18ClF6NO5S. The highest BCUT2D eigenvalue weighted by molar-refractivity contribution is 7.80. The number of nitrogens with zero attached hydrogens (tertiary/aromatic N) is 1. The average molecular weight is 654 g/mol. The van der Waals surface area contributed by atoms with Crippen LogP contribution in [0.3, 0.4) is 0 Å². The Bertz CT molecular complexity index is 2040. The van der Waals surface area contributed by atoms with Crippen molar-refractivity contribution in [2.45, 2.75) is 11.8 Å². The summed E-state index contributed by atoms with van der Waals surface area (Å²) in [7, 11) is 2.52. The minimum atomic E-state index is -2.79. The van der Waals surface area contributed by atoms with Gasteiger partial charge in [0.1, 0.15) is 11.6 Å². The van der Waals surface area contributed by atoms with Crippen molar-refractivity contribution in [3.8, 4) is 34.1 Å². The molecule has 14 heteroatoms. The van der Waals surface area contributed by atoms with Crippen LogP contribution in [0.2, 0.25) is 5.02 Å². The van der Waals surface area contributed by atoms with E-state index in [2.05, 4.69) is 4.18 Å². The lowest BCUT2D eigenvalue weighted by atomic mass is 10.0. The molecule has 0 radical (unpaired) electrons. The largest absolute Gasteiger partial charge is 0.495 e. The van der Waals surface area contributed by atoms with Gasteiger partial charge in [0.2, 0.25) is 45.9 Å². The summed E-state index contributed by atoms with van der Waals surface area (Å²) in [5.41, 5.74) is 0.741. The van der Waals surface area contributed by atoms with Crippen molar-refractivity contribution >= 4 is 33.6 Å². The third-order valence-corrected chi connectivity index (χ3v) is 8.04. The van der Waals surface area contributed by atoms with E-state index in [9.17, 15) is 31.0 Å². The zero-order valence-electron chi connectivity index (χ0n) is 22.7. The van der Waals surface area contributed by atoms with Gasteiger partial charge in [-0.15, -0.1) is 0 Å². The Kier molecular flexibility index (Phi) is 8.36. The van der Waals surface area contributed by atoms with Gasteiger partial charge in [-0.3, -0.25) is 9.36 Å². The molecule has 0 aliphatic rings. The lowest BCUT2D eigenvalue weighted by Gasteiger charge is -2.18. The van der Waals surface area contributed by atoms with E-state index in [0.717, 1.165) is 16.7 Å². The van der Waals surface area contributed by atoms with E-state index in [1.165, 1.54) is 38.5 Å². The quantitative estimate of drug-likeness (QED) is 0.103. The molecule has 1 heterocycles. The number of hydrogen-bond donors (Lipinski definition) is 0. The zero-order chi connectivity index (χ0) is 32.0. The monoisotopic (exact) mass is 653 g/mol. The molecule has 0 amide bonds. The number of aromatic nitrogens is 1. The minimum absolute atomic E-state index is 0.0279. The third-order valence-electron chi connectivity index (χ3n) is 6.66. The average Bonchev–Trinajstić information content (AvgIpc) is 3.01. The van der Waals surface area contributed by atoms with Crippen LogP contribution in [0.4, 0.5) is 26.3 Å². The second-order valence-corrected chi connectivity index (χ2v) is 10.8. The first kappa shape index (κ1) is 31.0. The van der Waals surface area contributed by atoms with Crippen LogP contribution in [0, 0.1) is 41.8 Å². The van der Waals surface area contributed by atoms with Gasteiger partial charge in [0.05, 0.1) is 30.3 Å². The summed E-state index contributed by atoms with van der Waals surface area (Å²) >= 11 is 3.31. The zero-order valence-corrected chi connectivity index (χ0v) is 24.3. The maximum atomic E-state index is 15.6. The fourth-order valence-corrected chi connectivity index (χ4v) is 5.37. The Morgan fingerprint density at radius 1 is 0.773 bits per heavy atom. The maximum absolute atomic E-state index is 15.6. The molecule has 0 saturated heterocycles. The molecule has 5 rings (SSSR count). The highest BCUT2D eigenvalue weighted by atomic mass is 35.5. The Balaban J connectivity index is 1.64. The van der Waals surface area contributed by atoms with Crippen LogP contribution >= 0.6 is 11.6 Å². The highest BCUT2D eigenvalue weighted by Gasteiger charge is 2.29. The fraction of sp³-hybridized carbons (Fsp3) is 0.100. The number of fused-ring (bicyclic) bond motifs is 1. The number of hydrogen-bond acceptors (Lipinski definition) is 5. The van der Waals surface area contributed by atoms with Crippen LogP contribution in [0.5, 0.6) is 17.2 Å². The SMILES string of the molecule is COc1cc(-c2ccc(Cl)c(C)c2)c(F)cc1-n1c(=O)c(OC)cc2cc(S(=O)Oc3c(F)c(F)c(F)c(F)c3F)ccc21. The maximum Gasteiger partial charge on any atom is 0.298 e. The Labute approximate surface area is 252 Å². The van der Waals surface area contributed by atoms with Gasteiger partial charge in [-0.2, -0.15) is 8.78 Å². The number of pyridine rings is 1. The second-order valence-electron chi connectivity index (χ2n) is 9.26. The van der Waals surface area contributed by atoms with E-state index in [4.69, 9.17) is 21.1 Å². The molecule has 0 aliphatic heterocycles. The number of methoxy groups -OCH3 is 2. The number of benzene rings is 4. The molecular weight excluding hydrogens is 636 g/mol. The van der Waals surface area contributed by atoms with Crippen molar-refractivity contribution in [3.05, 3.63) is 110 Å². The van der Waals surface area contributed by atoms with E-state index in [0.29, 0.717) is 16.1 Å². The molecule has 0 spiro atoms. The standard InChI is InChI=1S/C30H18ClF6NO5S/c1-13-8-14(4-6-18(13)31)17-11-22(41-2)21(12-19(17)32)38-20-7-5-16(9-15(20)10-23(42-3)30(38)39)44(40)43-29-27(36)25(34)24(33)26(35)28(29)37/h4-12H,1-3H3. The van der Waals surface area contributed by atoms with Crippen LogP contribution in [0.25, 0.3) is 27.7 Å². The molecule has 44 heavy (non-hydrogen) atoms. The lowest BCUT2D eigenvalue weighted by Crippen LogP contribution is -2.21. The Morgan fingerprint density at radius 3 is 2.02 bits per heavy atom. The van der Waals surface area contributed by atoms with Crippen molar-refractivity contribution < 1.29 is 44.2 Å². The first-order chi connectivity index (χ1) is 20.9. The van der Waals surface area contributed by atoms with Gasteiger partial charge in [-0.05, 0) is 60.5 Å². The molecule has 0 bridgehead atoms. The highest BCUT2D eigenvalue weighted by Crippen LogP contribution is 2.36. The molecule has 0 N–H and O–H groups in total. The number of halogens is 7. The van der Waals surface area contributed by atoms with E-state index >= 15 is 4.39 Å². The van der Waals surface area contributed by atoms with Crippen LogP contribution in [-0.2, 0) is 11.1 Å². The van der Waals surface area contributed by atoms with Gasteiger partial charge in [-0.1, -0.05) is 17.7 Å². The molecule has 1 aromatic heterocycles. The molecule has 5 aromatic rings. The normalized spacial score (nSPS) is 12.0. The molecule has 0 fully saturated rings. The first-order valence-electron chi connectivity index (χ1n) is 12.4. The van der Waals surface area contributed by atoms with Gasteiger partial charge in [0.25, 0.3) is 5.56 Å². The Hall–Kier alpha value is -4.49. The molecule has 228 valence electrons.